The molecule has 0 aromatic heterocycles. The van der Waals surface area contributed by atoms with Crippen molar-refractivity contribution >= 4 is 118 Å². The lowest BCUT2D eigenvalue weighted by Gasteiger charge is -2.24. The lowest BCUT2D eigenvalue weighted by Crippen LogP contribution is -2.56. The highest BCUT2D eigenvalue weighted by Crippen LogP contribution is 2.34. The Labute approximate surface area is 521 Å². The van der Waals surface area contributed by atoms with Gasteiger partial charge in [0.05, 0.1) is 70.0 Å². The zero-order valence-corrected chi connectivity index (χ0v) is 51.5. The fourth-order valence-electron chi connectivity index (χ4n) is 9.68. The van der Waals surface area contributed by atoms with Crippen LogP contribution in [-0.4, -0.2) is 223 Å². The molecule has 89 heavy (non-hydrogen) atoms. The average Bonchev–Trinajstić information content (AvgIpc) is 2.80. The van der Waals surface area contributed by atoms with Gasteiger partial charge in [0.15, 0.2) is 0 Å². The minimum atomic E-state index is -1.41. The summed E-state index contributed by atoms with van der Waals surface area (Å²) < 4.78 is 0. The largest absolute Gasteiger partial charge is 0.480 e. The molecule has 34 nitrogen and oxygen atoms in total. The van der Waals surface area contributed by atoms with E-state index in [2.05, 4.69) is 85.1 Å². The van der Waals surface area contributed by atoms with Crippen LogP contribution in [0.3, 0.4) is 0 Å². The number of carboxylic acids is 1. The normalized spacial score (nSPS) is 19.5. The summed E-state index contributed by atoms with van der Waals surface area (Å²) in [6, 6.07) is -4.09. The van der Waals surface area contributed by atoms with Gasteiger partial charge in [0.2, 0.25) is 76.8 Å². The van der Waals surface area contributed by atoms with Gasteiger partial charge in [-0.05, 0) is 63.7 Å². The highest BCUT2D eigenvalue weighted by Gasteiger charge is 2.44. The second-order valence-electron chi connectivity index (χ2n) is 22.0. The van der Waals surface area contributed by atoms with Gasteiger partial charge < -0.3 is 95.9 Å². The summed E-state index contributed by atoms with van der Waals surface area (Å²) in [6.45, 7) is -1.02. The molecular formula is C53H85N17O17S2. The summed E-state index contributed by atoms with van der Waals surface area (Å²) in [7, 11) is 0. The van der Waals surface area contributed by atoms with E-state index in [9.17, 15) is 76.7 Å². The van der Waals surface area contributed by atoms with E-state index in [-0.39, 0.29) is 129 Å². The van der Waals surface area contributed by atoms with Crippen LogP contribution in [-0.2, 0) is 67.1 Å². The fourth-order valence-corrected chi connectivity index (χ4v) is 12.8. The van der Waals surface area contributed by atoms with Crippen molar-refractivity contribution in [2.75, 3.05) is 70.4 Å². The molecule has 17 amide bonds. The summed E-state index contributed by atoms with van der Waals surface area (Å²) >= 11 is 3.54. The number of thioether (sulfide) groups is 2. The number of carboxylic acid groups (broad SMARTS) is 1. The van der Waals surface area contributed by atoms with Gasteiger partial charge >= 0.3 is 18.0 Å². The van der Waals surface area contributed by atoms with Crippen LogP contribution in [0.5, 0.6) is 0 Å². The van der Waals surface area contributed by atoms with E-state index < -0.39 is 135 Å². The monoisotopic (exact) mass is 1300 g/mol. The molecule has 0 bridgehead atoms. The van der Waals surface area contributed by atoms with Gasteiger partial charge in [-0.15, -0.1) is 0 Å². The molecule has 0 aromatic rings. The SMILES string of the molecule is CC(C)C[C@H](NC(=O)CNC(=O)[C@H](CCCCNC(=O)CNC(=O)CNC(=O)CNC(=O)CCCC[C@@H]1SC[C@@H]2NC(=O)N[C@@H]21)NC(=O)CNC(=O)CNC(=O)CNC(=O)CCCC[C@@H]1SC[C@@H]2NC(=O)N[C@@H]21)C(=O)N[C@@H](CCC(N)=O)C(=O)NCC(=O)O. The van der Waals surface area contributed by atoms with Crippen molar-refractivity contribution in [3.05, 3.63) is 0 Å². The molecular weight excluding hydrogens is 1210 g/mol. The maximum atomic E-state index is 13.6. The van der Waals surface area contributed by atoms with Crippen LogP contribution in [0.1, 0.15) is 104 Å². The summed E-state index contributed by atoms with van der Waals surface area (Å²) in [4.78, 5) is 199. The van der Waals surface area contributed by atoms with Gasteiger partial charge in [0.25, 0.3) is 0 Å². The zero-order chi connectivity index (χ0) is 65.4. The Morgan fingerprint density at radius 3 is 1.30 bits per heavy atom. The predicted molar refractivity (Wildman–Crippen MR) is 320 cm³/mol. The van der Waals surface area contributed by atoms with Crippen LogP contribution < -0.4 is 90.8 Å². The number of aliphatic carboxylic acids is 1. The van der Waals surface area contributed by atoms with E-state index in [1.54, 1.807) is 37.4 Å². The molecule has 0 spiro atoms. The van der Waals surface area contributed by atoms with Gasteiger partial charge in [-0.3, -0.25) is 67.1 Å². The molecule has 4 aliphatic heterocycles. The van der Waals surface area contributed by atoms with Crippen LogP contribution in [0.2, 0.25) is 0 Å². The molecule has 4 saturated heterocycles. The number of nitrogens with one attached hydrogen (secondary N) is 16. The zero-order valence-electron chi connectivity index (χ0n) is 49.8. The third kappa shape index (κ3) is 29.1. The Hall–Kier alpha value is -8.18. The molecule has 496 valence electrons. The number of primary amides is 1. The number of carbonyl (C=O) groups excluding carboxylic acids is 15. The summed E-state index contributed by atoms with van der Waals surface area (Å²) in [5.74, 6) is -9.32. The number of rotatable bonds is 42. The van der Waals surface area contributed by atoms with Crippen molar-refractivity contribution in [2.45, 2.75) is 157 Å². The predicted octanol–water partition coefficient (Wildman–Crippen LogP) is -6.50. The van der Waals surface area contributed by atoms with Crippen molar-refractivity contribution in [1.29, 1.82) is 0 Å². The van der Waals surface area contributed by atoms with Crippen LogP contribution in [0.4, 0.5) is 9.59 Å². The Kier molecular flexibility index (Phi) is 32.1. The Bertz CT molecular complexity index is 2570. The first-order chi connectivity index (χ1) is 42.3. The average molecular weight is 1300 g/mol. The molecule has 9 atom stereocenters. The minimum absolute atomic E-state index is 0.0229. The number of hydrogen-bond donors (Lipinski definition) is 18. The van der Waals surface area contributed by atoms with Crippen molar-refractivity contribution in [1.82, 2.24) is 85.1 Å². The molecule has 4 aliphatic rings. The first kappa shape index (κ1) is 73.3. The third-order valence-electron chi connectivity index (χ3n) is 14.2. The van der Waals surface area contributed by atoms with E-state index in [4.69, 9.17) is 10.8 Å². The van der Waals surface area contributed by atoms with Crippen molar-refractivity contribution in [3.8, 4) is 0 Å². The van der Waals surface area contributed by atoms with Crippen molar-refractivity contribution in [3.63, 3.8) is 0 Å². The number of carbonyl (C=O) groups is 16. The molecule has 36 heteroatoms. The van der Waals surface area contributed by atoms with E-state index in [0.29, 0.717) is 12.8 Å². The topological polar surface area (TPSA) is 512 Å². The molecule has 19 N–H and O–H groups in total. The molecule has 0 saturated carbocycles. The molecule has 0 radical (unpaired) electrons. The summed E-state index contributed by atoms with van der Waals surface area (Å²) in [5.41, 5.74) is 5.22. The Balaban J connectivity index is 1.19. The summed E-state index contributed by atoms with van der Waals surface area (Å²) in [6.07, 6.45) is 4.29. The van der Waals surface area contributed by atoms with Crippen LogP contribution in [0.25, 0.3) is 0 Å². The van der Waals surface area contributed by atoms with Crippen LogP contribution >= 0.6 is 23.5 Å². The lowest BCUT2D eigenvalue weighted by molar-refractivity contribution is -0.138. The highest BCUT2D eigenvalue weighted by atomic mass is 32.2. The second kappa shape index (κ2) is 39.0. The molecule has 0 unspecified atom stereocenters. The van der Waals surface area contributed by atoms with Gasteiger partial charge in [0.1, 0.15) is 24.7 Å². The molecule has 4 heterocycles. The molecule has 4 fully saturated rings. The number of hydrogen-bond acceptors (Lipinski definition) is 18. The van der Waals surface area contributed by atoms with Gasteiger partial charge in [-0.2, -0.15) is 23.5 Å². The van der Waals surface area contributed by atoms with E-state index in [1.165, 1.54) is 0 Å². The highest BCUT2D eigenvalue weighted by molar-refractivity contribution is 8.00. The van der Waals surface area contributed by atoms with Gasteiger partial charge in [-0.1, -0.05) is 26.7 Å². The number of fused-ring (bicyclic) bond motifs is 2. The van der Waals surface area contributed by atoms with Gasteiger partial charge in [0, 0.05) is 47.8 Å². The van der Waals surface area contributed by atoms with Crippen LogP contribution in [0, 0.1) is 5.92 Å². The second-order valence-corrected chi connectivity index (χ2v) is 24.6. The quantitative estimate of drug-likeness (QED) is 0.0200. The maximum Gasteiger partial charge on any atom is 0.322 e. The standard InChI is InChI=1S/C53H85N17O17S2/c1-28(2)17-31(51(85)66-30(14-15-36(54)71)50(84)63-25-46(81)82)65-45(80)24-62-49(83)29(64-44(79)23-61-43(78)22-60-41(76)20-57-38(73)13-6-4-11-35-48-33(27-89-35)68-53(87)70-48)9-7-8-16-55-39(74)18-58-42(77)21-59-40(75)19-56-37(72)12-5-3-10-34-47-32(26-88-34)67-52(86)69-47/h28-35,47-48H,3-27H2,1-2H3,(H2,54,71)(H,55,74)(H,56,72)(H,57,73)(H,58,77)(H,59,75)(H,60,76)(H,61,78)(H,62,83)(H,63,84)(H,64,79)(H,65,80)(H,66,85)(H,81,82)(H2,67,69,86)(H2,68,70,87)/t29-,30-,31-,32-,33-,34-,35-,47-,48-/m0/s1. The molecule has 0 aromatic carbocycles. The van der Waals surface area contributed by atoms with Crippen LogP contribution in [0.15, 0.2) is 0 Å². The first-order valence-corrected chi connectivity index (χ1v) is 31.6. The Morgan fingerprint density at radius 2 is 0.854 bits per heavy atom. The third-order valence-corrected chi connectivity index (χ3v) is 17.3. The molecule has 0 aliphatic carbocycles. The number of nitrogens with two attached hydrogens (primary N) is 1. The number of urea groups is 2. The van der Waals surface area contributed by atoms with E-state index in [0.717, 1.165) is 37.2 Å². The maximum absolute atomic E-state index is 13.6. The van der Waals surface area contributed by atoms with Gasteiger partial charge in [-0.25, -0.2) is 9.59 Å². The first-order valence-electron chi connectivity index (χ1n) is 29.5. The summed E-state index contributed by atoms with van der Waals surface area (Å²) in [5, 5.41) is 49.8. The van der Waals surface area contributed by atoms with E-state index >= 15 is 0 Å². The number of unbranched alkanes of at least 4 members (excludes halogenated alkanes) is 3. The van der Waals surface area contributed by atoms with Crippen molar-refractivity contribution in [2.24, 2.45) is 11.7 Å². The fraction of sp³-hybridized carbons (Fsp3) is 0.698. The number of amides is 17. The lowest BCUT2D eigenvalue weighted by atomic mass is 10.0. The van der Waals surface area contributed by atoms with Crippen molar-refractivity contribution < 1.29 is 81.8 Å². The molecule has 4 rings (SSSR count). The minimum Gasteiger partial charge on any atom is -0.480 e. The van der Waals surface area contributed by atoms with E-state index in [1.807, 2.05) is 0 Å². The Morgan fingerprint density at radius 1 is 0.449 bits per heavy atom. The smallest absolute Gasteiger partial charge is 0.322 e.